The Morgan fingerprint density at radius 2 is 1.83 bits per heavy atom. The summed E-state index contributed by atoms with van der Waals surface area (Å²) in [6, 6.07) is 7.36. The Balaban J connectivity index is 2.29. The second kappa shape index (κ2) is 7.87. The van der Waals surface area contributed by atoms with Gasteiger partial charge in [-0.3, -0.25) is 9.59 Å². The molecule has 2 N–H and O–H groups in total. The molecule has 4 nitrogen and oxygen atoms in total. The second-order valence-electron chi connectivity index (χ2n) is 3.94. The van der Waals surface area contributed by atoms with Crippen LogP contribution in [0.3, 0.4) is 0 Å². The predicted molar refractivity (Wildman–Crippen MR) is 72.9 cm³/mol. The molecule has 0 radical (unpaired) electrons. The number of carboxylic acid groups (broad SMARTS) is 1. The van der Waals surface area contributed by atoms with E-state index < -0.39 is 5.97 Å². The van der Waals surface area contributed by atoms with Crippen molar-refractivity contribution in [1.82, 2.24) is 5.32 Å². The minimum atomic E-state index is -0.799. The number of rotatable bonds is 7. The number of unbranched alkanes of at least 4 members (excludes halogenated alkanes) is 1. The number of hydrogen-bond acceptors (Lipinski definition) is 2. The summed E-state index contributed by atoms with van der Waals surface area (Å²) in [6.45, 7) is 0.506. The molecule has 18 heavy (non-hydrogen) atoms. The molecule has 0 fully saturated rings. The quantitative estimate of drug-likeness (QED) is 0.600. The highest BCUT2D eigenvalue weighted by Crippen LogP contribution is 2.07. The smallest absolute Gasteiger partial charge is 0.303 e. The predicted octanol–water partition coefficient (Wildman–Crippen LogP) is 2.57. The summed E-state index contributed by atoms with van der Waals surface area (Å²) in [7, 11) is 0. The van der Waals surface area contributed by atoms with Crippen molar-refractivity contribution < 1.29 is 14.7 Å². The van der Waals surface area contributed by atoms with Gasteiger partial charge in [-0.2, -0.15) is 0 Å². The first kappa shape index (κ1) is 14.7. The van der Waals surface area contributed by atoms with Crippen molar-refractivity contribution >= 4 is 27.8 Å². The van der Waals surface area contributed by atoms with E-state index in [1.807, 2.05) is 12.1 Å². The summed E-state index contributed by atoms with van der Waals surface area (Å²) in [4.78, 5) is 22.0. The molecule has 1 aromatic rings. The third-order valence-electron chi connectivity index (χ3n) is 2.47. The molecule has 0 unspecified atom stereocenters. The van der Waals surface area contributed by atoms with Crippen molar-refractivity contribution in [2.45, 2.75) is 24.6 Å². The average Bonchev–Trinajstić information content (AvgIpc) is 2.38. The number of benzene rings is 1. The van der Waals surface area contributed by atoms with Crippen LogP contribution in [0.15, 0.2) is 24.3 Å². The first-order chi connectivity index (χ1) is 8.63. The van der Waals surface area contributed by atoms with E-state index in [1.165, 1.54) is 0 Å². The van der Waals surface area contributed by atoms with E-state index in [1.54, 1.807) is 12.1 Å². The van der Waals surface area contributed by atoms with Gasteiger partial charge < -0.3 is 10.4 Å². The van der Waals surface area contributed by atoms with Gasteiger partial charge in [0.25, 0.3) is 5.91 Å². The van der Waals surface area contributed by atoms with Crippen LogP contribution >= 0.6 is 15.9 Å². The monoisotopic (exact) mass is 313 g/mol. The number of amides is 1. The van der Waals surface area contributed by atoms with E-state index in [-0.39, 0.29) is 12.3 Å². The van der Waals surface area contributed by atoms with Crippen molar-refractivity contribution in [3.8, 4) is 0 Å². The van der Waals surface area contributed by atoms with E-state index >= 15 is 0 Å². The Bertz CT molecular complexity index is 403. The Morgan fingerprint density at radius 1 is 1.17 bits per heavy atom. The Hall–Kier alpha value is -1.36. The number of alkyl halides is 1. The molecule has 0 heterocycles. The molecule has 1 aromatic carbocycles. The van der Waals surface area contributed by atoms with E-state index in [2.05, 4.69) is 21.2 Å². The minimum absolute atomic E-state index is 0.119. The largest absolute Gasteiger partial charge is 0.481 e. The maximum absolute atomic E-state index is 11.7. The molecule has 0 atom stereocenters. The van der Waals surface area contributed by atoms with Crippen LogP contribution in [0.2, 0.25) is 0 Å². The molecule has 0 aliphatic heterocycles. The zero-order chi connectivity index (χ0) is 13.4. The number of hydrogen-bond donors (Lipinski definition) is 2. The fourth-order valence-corrected chi connectivity index (χ4v) is 1.82. The van der Waals surface area contributed by atoms with Crippen molar-refractivity contribution in [1.29, 1.82) is 0 Å². The fourth-order valence-electron chi connectivity index (χ4n) is 1.45. The van der Waals surface area contributed by atoms with Gasteiger partial charge in [-0.1, -0.05) is 28.1 Å². The van der Waals surface area contributed by atoms with E-state index in [0.717, 1.165) is 10.9 Å². The van der Waals surface area contributed by atoms with Gasteiger partial charge in [0.15, 0.2) is 0 Å². The summed E-state index contributed by atoms with van der Waals surface area (Å²) in [5.74, 6) is -0.918. The maximum atomic E-state index is 11.7. The highest BCUT2D eigenvalue weighted by molar-refractivity contribution is 9.08. The zero-order valence-corrected chi connectivity index (χ0v) is 11.6. The molecule has 1 rings (SSSR count). The van der Waals surface area contributed by atoms with Crippen LogP contribution in [0.5, 0.6) is 0 Å². The molecule has 0 spiro atoms. The molecular weight excluding hydrogens is 298 g/mol. The number of carboxylic acids is 1. The Labute approximate surface area is 115 Å². The molecule has 0 aromatic heterocycles. The average molecular weight is 314 g/mol. The third kappa shape index (κ3) is 5.31. The van der Waals surface area contributed by atoms with Crippen LogP contribution in [0.1, 0.15) is 35.2 Å². The summed E-state index contributed by atoms with van der Waals surface area (Å²) in [6.07, 6.45) is 1.41. The first-order valence-corrected chi connectivity index (χ1v) is 6.90. The van der Waals surface area contributed by atoms with Gasteiger partial charge in [-0.05, 0) is 30.5 Å². The standard InChI is InChI=1S/C13H16BrNO3/c14-9-10-4-6-11(7-5-10)13(18)15-8-2-1-3-12(16)17/h4-7H,1-3,8-9H2,(H,15,18)(H,16,17). The van der Waals surface area contributed by atoms with E-state index in [9.17, 15) is 9.59 Å². The molecule has 0 aliphatic rings. The van der Waals surface area contributed by atoms with Crippen LogP contribution < -0.4 is 5.32 Å². The summed E-state index contributed by atoms with van der Waals surface area (Å²) in [5.41, 5.74) is 1.74. The van der Waals surface area contributed by atoms with E-state index in [0.29, 0.717) is 24.9 Å². The third-order valence-corrected chi connectivity index (χ3v) is 3.12. The molecule has 5 heteroatoms. The van der Waals surface area contributed by atoms with Crippen LogP contribution in [-0.4, -0.2) is 23.5 Å². The Morgan fingerprint density at radius 3 is 2.39 bits per heavy atom. The fraction of sp³-hybridized carbons (Fsp3) is 0.385. The lowest BCUT2D eigenvalue weighted by Gasteiger charge is -2.05. The van der Waals surface area contributed by atoms with Crippen LogP contribution in [-0.2, 0) is 10.1 Å². The van der Waals surface area contributed by atoms with Crippen LogP contribution in [0.4, 0.5) is 0 Å². The number of carbonyl (C=O) groups is 2. The number of aliphatic carboxylic acids is 1. The van der Waals surface area contributed by atoms with Gasteiger partial charge in [0, 0.05) is 23.9 Å². The molecule has 1 amide bonds. The van der Waals surface area contributed by atoms with Gasteiger partial charge in [-0.15, -0.1) is 0 Å². The number of carbonyl (C=O) groups excluding carboxylic acids is 1. The number of nitrogens with one attached hydrogen (secondary N) is 1. The van der Waals surface area contributed by atoms with Crippen LogP contribution in [0, 0.1) is 0 Å². The molecule has 0 saturated carbocycles. The molecule has 0 saturated heterocycles. The highest BCUT2D eigenvalue weighted by Gasteiger charge is 2.04. The number of halogens is 1. The summed E-state index contributed by atoms with van der Waals surface area (Å²) >= 11 is 3.34. The molecule has 0 bridgehead atoms. The van der Waals surface area contributed by atoms with Gasteiger partial charge >= 0.3 is 5.97 Å². The SMILES string of the molecule is O=C(O)CCCCNC(=O)c1ccc(CBr)cc1. The Kier molecular flexibility index (Phi) is 6.43. The maximum Gasteiger partial charge on any atom is 0.303 e. The van der Waals surface area contributed by atoms with Crippen molar-refractivity contribution in [2.75, 3.05) is 6.54 Å². The molecule has 0 aliphatic carbocycles. The van der Waals surface area contributed by atoms with Gasteiger partial charge in [0.05, 0.1) is 0 Å². The van der Waals surface area contributed by atoms with Gasteiger partial charge in [0.2, 0.25) is 0 Å². The zero-order valence-electron chi connectivity index (χ0n) is 9.99. The van der Waals surface area contributed by atoms with Crippen LogP contribution in [0.25, 0.3) is 0 Å². The summed E-state index contributed by atoms with van der Waals surface area (Å²) in [5, 5.41) is 12.0. The lowest BCUT2D eigenvalue weighted by Crippen LogP contribution is -2.24. The topological polar surface area (TPSA) is 66.4 Å². The lowest BCUT2D eigenvalue weighted by atomic mass is 10.1. The van der Waals surface area contributed by atoms with Crippen molar-refractivity contribution in [3.05, 3.63) is 35.4 Å². The molecule has 98 valence electrons. The second-order valence-corrected chi connectivity index (χ2v) is 4.50. The van der Waals surface area contributed by atoms with Crippen molar-refractivity contribution in [2.24, 2.45) is 0 Å². The van der Waals surface area contributed by atoms with Gasteiger partial charge in [-0.25, -0.2) is 0 Å². The molecular formula is C13H16BrNO3. The van der Waals surface area contributed by atoms with E-state index in [4.69, 9.17) is 5.11 Å². The highest BCUT2D eigenvalue weighted by atomic mass is 79.9. The lowest BCUT2D eigenvalue weighted by molar-refractivity contribution is -0.137. The van der Waals surface area contributed by atoms with Gasteiger partial charge in [0.1, 0.15) is 0 Å². The first-order valence-electron chi connectivity index (χ1n) is 5.78. The minimum Gasteiger partial charge on any atom is -0.481 e. The summed E-state index contributed by atoms with van der Waals surface area (Å²) < 4.78 is 0. The normalized spacial score (nSPS) is 10.1. The van der Waals surface area contributed by atoms with Crippen molar-refractivity contribution in [3.63, 3.8) is 0 Å².